The fourth-order valence-corrected chi connectivity index (χ4v) is 3.30. The molecule has 2 N–H and O–H groups in total. The van der Waals surface area contributed by atoms with Crippen LogP contribution in [0.2, 0.25) is 0 Å². The van der Waals surface area contributed by atoms with Crippen LogP contribution in [0.15, 0.2) is 41.8 Å². The summed E-state index contributed by atoms with van der Waals surface area (Å²) in [5.41, 5.74) is 0.665. The number of nitriles is 1. The molecule has 1 rings (SSSR count). The molecule has 7 heteroatoms. The molecular weight excluding hydrogens is 368 g/mol. The van der Waals surface area contributed by atoms with Crippen LogP contribution < -0.4 is 4.72 Å². The van der Waals surface area contributed by atoms with Crippen LogP contribution in [0.4, 0.5) is 0 Å². The zero-order chi connectivity index (χ0) is 20.1. The van der Waals surface area contributed by atoms with Crippen molar-refractivity contribution in [3.63, 3.8) is 0 Å². The maximum atomic E-state index is 12.5. The predicted molar refractivity (Wildman–Crippen MR) is 109 cm³/mol. The van der Waals surface area contributed by atoms with Crippen molar-refractivity contribution >= 4 is 35.2 Å². The van der Waals surface area contributed by atoms with E-state index in [9.17, 15) is 14.1 Å². The first kappa shape index (κ1) is 22.2. The molecule has 0 radical (unpaired) electrons. The van der Waals surface area contributed by atoms with E-state index in [1.165, 1.54) is 0 Å². The first-order chi connectivity index (χ1) is 11.9. The highest BCUT2D eigenvalue weighted by molar-refractivity contribution is 7.85. The number of carbonyl (C=O) groups is 1. The second kappa shape index (κ2) is 8.67. The average molecular weight is 393 g/mol. The van der Waals surface area contributed by atoms with E-state index < -0.39 is 27.2 Å². The van der Waals surface area contributed by atoms with E-state index in [4.69, 9.17) is 5.26 Å². The Morgan fingerprint density at radius 2 is 2.04 bits per heavy atom. The Bertz CT molecular complexity index is 804. The molecule has 1 aromatic carbocycles. The molecule has 0 heterocycles. The lowest BCUT2D eigenvalue weighted by Gasteiger charge is -2.32. The van der Waals surface area contributed by atoms with Gasteiger partial charge in [-0.3, -0.25) is 4.79 Å². The van der Waals surface area contributed by atoms with Crippen molar-refractivity contribution in [1.29, 1.82) is 5.26 Å². The summed E-state index contributed by atoms with van der Waals surface area (Å²) in [4.78, 5) is 11.7. The molecule has 5 nitrogen and oxygen atoms in total. The van der Waals surface area contributed by atoms with Crippen LogP contribution in [-0.4, -0.2) is 25.6 Å². The lowest BCUT2D eigenvalue weighted by atomic mass is 9.95. The number of nitrogens with one attached hydrogen (secondary N) is 1. The number of hydrogen-bond acceptors (Lipinski definition) is 4. The maximum absolute atomic E-state index is 12.5. The quantitative estimate of drug-likeness (QED) is 0.488. The van der Waals surface area contributed by atoms with Crippen LogP contribution >= 0.6 is 12.6 Å². The van der Waals surface area contributed by atoms with Crippen LogP contribution in [-0.2, 0) is 15.8 Å². The number of carboxylic acids is 1. The zero-order valence-corrected chi connectivity index (χ0v) is 17.1. The van der Waals surface area contributed by atoms with Crippen LogP contribution in [0.5, 0.6) is 0 Å². The number of benzene rings is 1. The summed E-state index contributed by atoms with van der Waals surface area (Å²) in [7, 11) is -1.48. The van der Waals surface area contributed by atoms with E-state index in [2.05, 4.69) is 30.0 Å². The Hall–Kier alpha value is -1.88. The molecule has 0 saturated heterocycles. The second-order valence-corrected chi connectivity index (χ2v) is 9.58. The molecule has 0 fully saturated rings. The van der Waals surface area contributed by atoms with E-state index in [-0.39, 0.29) is 6.42 Å². The van der Waals surface area contributed by atoms with Crippen molar-refractivity contribution in [2.75, 3.05) is 0 Å². The van der Waals surface area contributed by atoms with Crippen LogP contribution in [0, 0.1) is 11.3 Å². The Labute approximate surface area is 162 Å². The number of nitrogens with zero attached hydrogens (tertiary/aromatic N) is 1. The molecule has 0 aliphatic rings. The number of carboxylic acid groups (broad SMARTS) is 1. The largest absolute Gasteiger partial charge is 0.481 e. The normalized spacial score (nSPS) is 15.6. The molecule has 0 aliphatic heterocycles. The number of rotatable bonds is 7. The van der Waals surface area contributed by atoms with Gasteiger partial charge in [-0.05, 0) is 57.0 Å². The number of allylic oxidation sites excluding steroid dienone is 2. The van der Waals surface area contributed by atoms with Gasteiger partial charge >= 0.3 is 5.97 Å². The van der Waals surface area contributed by atoms with Crippen LogP contribution in [0.3, 0.4) is 0 Å². The SMILES string of the molecule is C=C(/C=C(\S)[C@](C)(CC(=O)O)NS(=O)C(C)(C)C)c1cccc(C#N)c1. The minimum Gasteiger partial charge on any atom is -0.481 e. The molecule has 0 aromatic heterocycles. The minimum atomic E-state index is -1.48. The van der Waals surface area contributed by atoms with E-state index in [1.807, 2.05) is 0 Å². The van der Waals surface area contributed by atoms with Gasteiger partial charge in [0.1, 0.15) is 0 Å². The standard InChI is InChI=1S/C19H24N2O3S2/c1-13(15-8-6-7-14(10-15)12-20)9-16(25)19(5,11-17(22)23)21-26(24)18(2,3)4/h6-10,21,25H,1,11H2,2-5H3,(H,22,23)/b16-9-/t19-,26?/m0/s1. The average Bonchev–Trinajstić information content (AvgIpc) is 2.52. The summed E-state index contributed by atoms with van der Waals surface area (Å²) >= 11 is 4.47. The molecule has 0 aliphatic carbocycles. The van der Waals surface area contributed by atoms with Crippen molar-refractivity contribution in [1.82, 2.24) is 4.72 Å². The van der Waals surface area contributed by atoms with Gasteiger partial charge in [-0.1, -0.05) is 18.7 Å². The smallest absolute Gasteiger partial charge is 0.305 e. The topological polar surface area (TPSA) is 90.2 Å². The monoisotopic (exact) mass is 392 g/mol. The molecule has 1 unspecified atom stereocenters. The third kappa shape index (κ3) is 6.13. The molecule has 0 spiro atoms. The van der Waals surface area contributed by atoms with Crippen LogP contribution in [0.1, 0.15) is 45.2 Å². The molecule has 1 aromatic rings. The van der Waals surface area contributed by atoms with Gasteiger partial charge in [0.05, 0.1) is 39.3 Å². The van der Waals surface area contributed by atoms with E-state index in [0.29, 0.717) is 16.0 Å². The van der Waals surface area contributed by atoms with Gasteiger partial charge in [0, 0.05) is 4.91 Å². The molecule has 140 valence electrons. The third-order valence-electron chi connectivity index (χ3n) is 3.62. The van der Waals surface area contributed by atoms with E-state index >= 15 is 0 Å². The molecule has 26 heavy (non-hydrogen) atoms. The predicted octanol–water partition coefficient (Wildman–Crippen LogP) is 3.67. The third-order valence-corrected chi connectivity index (χ3v) is 5.99. The number of aliphatic carboxylic acids is 1. The van der Waals surface area contributed by atoms with Crippen molar-refractivity contribution < 1.29 is 14.1 Å². The second-order valence-electron chi connectivity index (χ2n) is 7.13. The number of hydrogen-bond donors (Lipinski definition) is 3. The van der Waals surface area contributed by atoms with Crippen molar-refractivity contribution in [3.05, 3.63) is 53.0 Å². The summed E-state index contributed by atoms with van der Waals surface area (Å²) in [5, 5.41) is 18.3. The maximum Gasteiger partial charge on any atom is 0.305 e. The summed E-state index contributed by atoms with van der Waals surface area (Å²) in [5.74, 6) is -1.04. The highest BCUT2D eigenvalue weighted by atomic mass is 32.2. The van der Waals surface area contributed by atoms with Gasteiger partial charge in [-0.25, -0.2) is 8.93 Å². The molecule has 0 bridgehead atoms. The zero-order valence-electron chi connectivity index (χ0n) is 15.4. The van der Waals surface area contributed by atoms with Gasteiger partial charge in [0.15, 0.2) is 0 Å². The van der Waals surface area contributed by atoms with E-state index in [0.717, 1.165) is 5.56 Å². The van der Waals surface area contributed by atoms with Gasteiger partial charge in [0.2, 0.25) is 0 Å². The summed E-state index contributed by atoms with van der Waals surface area (Å²) in [6, 6.07) is 8.98. The molecule has 0 amide bonds. The van der Waals surface area contributed by atoms with Crippen molar-refractivity contribution in [2.45, 2.75) is 44.4 Å². The first-order valence-corrected chi connectivity index (χ1v) is 9.51. The summed E-state index contributed by atoms with van der Waals surface area (Å²) < 4.78 is 14.8. The highest BCUT2D eigenvalue weighted by Gasteiger charge is 2.35. The summed E-state index contributed by atoms with van der Waals surface area (Å²) in [6.07, 6.45) is 1.34. The lowest BCUT2D eigenvalue weighted by molar-refractivity contribution is -0.138. The van der Waals surface area contributed by atoms with Crippen molar-refractivity contribution in [3.8, 4) is 6.07 Å². The van der Waals surface area contributed by atoms with Crippen LogP contribution in [0.25, 0.3) is 5.57 Å². The minimum absolute atomic E-state index is 0.296. The lowest BCUT2D eigenvalue weighted by Crippen LogP contribution is -2.49. The Morgan fingerprint density at radius 1 is 1.42 bits per heavy atom. The fraction of sp³-hybridized carbons (Fsp3) is 0.368. The van der Waals surface area contributed by atoms with Gasteiger partial charge in [-0.2, -0.15) is 5.26 Å². The fourth-order valence-electron chi connectivity index (χ4n) is 2.04. The van der Waals surface area contributed by atoms with Gasteiger partial charge in [0.25, 0.3) is 0 Å². The Kier molecular flexibility index (Phi) is 7.39. The van der Waals surface area contributed by atoms with Gasteiger partial charge in [-0.15, -0.1) is 12.6 Å². The van der Waals surface area contributed by atoms with Crippen molar-refractivity contribution in [2.24, 2.45) is 0 Å². The first-order valence-electron chi connectivity index (χ1n) is 7.91. The van der Waals surface area contributed by atoms with E-state index in [1.54, 1.807) is 58.0 Å². The molecule has 0 saturated carbocycles. The Balaban J connectivity index is 3.22. The molecular formula is C19H24N2O3S2. The Morgan fingerprint density at radius 3 is 2.54 bits per heavy atom. The van der Waals surface area contributed by atoms with Gasteiger partial charge < -0.3 is 5.11 Å². The molecule has 2 atom stereocenters. The highest BCUT2D eigenvalue weighted by Crippen LogP contribution is 2.29. The number of thiol groups is 1. The summed E-state index contributed by atoms with van der Waals surface area (Å²) in [6.45, 7) is 11.0.